The first-order valence-electron chi connectivity index (χ1n) is 15.1. The van der Waals surface area contributed by atoms with Gasteiger partial charge in [0.2, 0.25) is 0 Å². The van der Waals surface area contributed by atoms with Crippen LogP contribution in [-0.2, 0) is 26.7 Å². The van der Waals surface area contributed by atoms with E-state index >= 15 is 0 Å². The quantitative estimate of drug-likeness (QED) is 0.0992. The number of hydrogen-bond donors (Lipinski definition) is 2. The van der Waals surface area contributed by atoms with Crippen LogP contribution < -0.4 is 0 Å². The van der Waals surface area contributed by atoms with Crippen LogP contribution in [-0.4, -0.2) is 31.7 Å². The Morgan fingerprint density at radius 3 is 1.29 bits per heavy atom. The van der Waals surface area contributed by atoms with Crippen molar-refractivity contribution in [3.05, 3.63) is 29.8 Å². The molecule has 8 heteroatoms. The zero-order chi connectivity index (χ0) is 28.5. The highest BCUT2D eigenvalue weighted by Gasteiger charge is 2.13. The third kappa shape index (κ3) is 24.1. The Morgan fingerprint density at radius 2 is 0.895 bits per heavy atom. The Hall–Kier alpha value is -0.960. The summed E-state index contributed by atoms with van der Waals surface area (Å²) in [6.07, 6.45) is 25.0. The lowest BCUT2D eigenvalue weighted by atomic mass is 10.0. The molecule has 0 atom stereocenters. The fourth-order valence-corrected chi connectivity index (χ4v) is 5.86. The Balaban J connectivity index is 0.000000761. The Kier molecular flexibility index (Phi) is 23.3. The third-order valence-electron chi connectivity index (χ3n) is 6.81. The minimum absolute atomic E-state index is 0.0610. The average Bonchev–Trinajstić information content (AvgIpc) is 2.86. The smallest absolute Gasteiger partial charge is 0.286 e. The van der Waals surface area contributed by atoms with E-state index in [4.69, 9.17) is 4.55 Å². The standard InChI is InChI=1S/C18H30O3S.C12H26O3S/c1-2-3-4-5-6-7-8-9-10-11-14-17-15-12-13-16-18(17)22(19,20)21;1-2-3-4-5-6-7-8-9-10-11-12-16(13,14)15/h12-13,15-16H,2-11,14H2,1H3,(H,19,20,21);2-12H2,1H3,(H,13,14,15). The molecular weight excluding hydrogens is 520 g/mol. The van der Waals surface area contributed by atoms with Gasteiger partial charge in [0.15, 0.2) is 0 Å². The van der Waals surface area contributed by atoms with E-state index in [1.165, 1.54) is 102 Å². The van der Waals surface area contributed by atoms with Gasteiger partial charge >= 0.3 is 0 Å². The summed E-state index contributed by atoms with van der Waals surface area (Å²) in [5.74, 6) is -0.0799. The van der Waals surface area contributed by atoms with Crippen LogP contribution in [0.5, 0.6) is 0 Å². The zero-order valence-corrected chi connectivity index (χ0v) is 25.8. The van der Waals surface area contributed by atoms with Gasteiger partial charge in [-0.2, -0.15) is 16.8 Å². The Morgan fingerprint density at radius 1 is 0.526 bits per heavy atom. The van der Waals surface area contributed by atoms with Crippen molar-refractivity contribution in [2.45, 2.75) is 154 Å². The number of hydrogen-bond acceptors (Lipinski definition) is 4. The molecule has 2 N–H and O–H groups in total. The van der Waals surface area contributed by atoms with Crippen LogP contribution in [0.2, 0.25) is 0 Å². The summed E-state index contributed by atoms with van der Waals surface area (Å²) in [5.41, 5.74) is 0.726. The minimum Gasteiger partial charge on any atom is -0.286 e. The van der Waals surface area contributed by atoms with Crippen LogP contribution in [0, 0.1) is 0 Å². The van der Waals surface area contributed by atoms with Crippen LogP contribution in [0.15, 0.2) is 29.2 Å². The summed E-state index contributed by atoms with van der Waals surface area (Å²) in [4.78, 5) is 0.0610. The summed E-state index contributed by atoms with van der Waals surface area (Å²) in [5, 5.41) is 0. The maximum atomic E-state index is 11.3. The van der Waals surface area contributed by atoms with E-state index in [1.54, 1.807) is 12.1 Å². The molecule has 224 valence electrons. The van der Waals surface area contributed by atoms with Crippen LogP contribution in [0.1, 0.15) is 148 Å². The van der Waals surface area contributed by atoms with Gasteiger partial charge in [0, 0.05) is 0 Å². The van der Waals surface area contributed by atoms with Crippen LogP contribution >= 0.6 is 0 Å². The molecule has 0 aromatic heterocycles. The van der Waals surface area contributed by atoms with Crippen molar-refractivity contribution in [3.8, 4) is 0 Å². The molecule has 0 unspecified atom stereocenters. The minimum atomic E-state index is -4.10. The molecule has 0 saturated carbocycles. The van der Waals surface area contributed by atoms with Gasteiger partial charge in [-0.1, -0.05) is 148 Å². The second kappa shape index (κ2) is 23.9. The van der Waals surface area contributed by atoms with Crippen LogP contribution in [0.4, 0.5) is 0 Å². The lowest BCUT2D eigenvalue weighted by molar-refractivity contribution is 0.477. The SMILES string of the molecule is CCCCCCCCCCCCS(=O)(=O)O.CCCCCCCCCCCCc1ccccc1S(=O)(=O)O. The number of benzene rings is 1. The Bertz CT molecular complexity index is 882. The van der Waals surface area contributed by atoms with E-state index in [0.717, 1.165) is 31.2 Å². The van der Waals surface area contributed by atoms with E-state index in [0.29, 0.717) is 12.8 Å². The molecular formula is C30H56O6S2. The van der Waals surface area contributed by atoms with Crippen molar-refractivity contribution >= 4 is 20.2 Å². The van der Waals surface area contributed by atoms with Crippen molar-refractivity contribution in [1.82, 2.24) is 0 Å². The molecule has 6 nitrogen and oxygen atoms in total. The average molecular weight is 577 g/mol. The molecule has 1 aromatic rings. The summed E-state index contributed by atoms with van der Waals surface area (Å²) in [6.45, 7) is 4.45. The molecule has 1 aromatic carbocycles. The monoisotopic (exact) mass is 576 g/mol. The molecule has 1 rings (SSSR count). The largest absolute Gasteiger partial charge is 0.294 e. The number of aryl methyl sites for hydroxylation is 1. The molecule has 0 fully saturated rings. The van der Waals surface area contributed by atoms with E-state index in [-0.39, 0.29) is 10.6 Å². The van der Waals surface area contributed by atoms with Gasteiger partial charge in [0.05, 0.1) is 10.6 Å². The van der Waals surface area contributed by atoms with Crippen molar-refractivity contribution in [2.75, 3.05) is 5.75 Å². The van der Waals surface area contributed by atoms with Crippen molar-refractivity contribution in [1.29, 1.82) is 0 Å². The summed E-state index contributed by atoms with van der Waals surface area (Å²) in [6, 6.07) is 6.73. The highest BCUT2D eigenvalue weighted by Crippen LogP contribution is 2.18. The van der Waals surface area contributed by atoms with E-state index in [1.807, 2.05) is 6.07 Å². The van der Waals surface area contributed by atoms with E-state index in [2.05, 4.69) is 13.8 Å². The van der Waals surface area contributed by atoms with Crippen molar-refractivity contribution in [2.24, 2.45) is 0 Å². The second-order valence-electron chi connectivity index (χ2n) is 10.5. The fourth-order valence-electron chi connectivity index (χ4n) is 4.54. The first-order chi connectivity index (χ1) is 18.1. The third-order valence-corrected chi connectivity index (χ3v) is 8.56. The van der Waals surface area contributed by atoms with Crippen LogP contribution in [0.3, 0.4) is 0 Å². The van der Waals surface area contributed by atoms with Crippen molar-refractivity contribution in [3.63, 3.8) is 0 Å². The lowest BCUT2D eigenvalue weighted by Gasteiger charge is -2.07. The molecule has 0 saturated heterocycles. The van der Waals surface area contributed by atoms with Gasteiger partial charge in [-0.25, -0.2) is 0 Å². The fraction of sp³-hybridized carbons (Fsp3) is 0.800. The summed E-state index contributed by atoms with van der Waals surface area (Å²) < 4.78 is 61.1. The molecule has 0 aliphatic heterocycles. The highest BCUT2D eigenvalue weighted by molar-refractivity contribution is 7.86. The van der Waals surface area contributed by atoms with Gasteiger partial charge in [-0.05, 0) is 30.9 Å². The molecule has 0 aliphatic rings. The summed E-state index contributed by atoms with van der Waals surface area (Å²) >= 11 is 0. The van der Waals surface area contributed by atoms with Gasteiger partial charge in [-0.3, -0.25) is 9.11 Å². The highest BCUT2D eigenvalue weighted by atomic mass is 32.2. The lowest BCUT2D eigenvalue weighted by Crippen LogP contribution is -2.03. The van der Waals surface area contributed by atoms with Crippen molar-refractivity contribution < 1.29 is 25.9 Å². The zero-order valence-electron chi connectivity index (χ0n) is 24.2. The number of unbranched alkanes of at least 4 members (excludes halogenated alkanes) is 18. The molecule has 0 bridgehead atoms. The molecule has 0 amide bonds. The maximum absolute atomic E-state index is 11.3. The van der Waals surface area contributed by atoms with Gasteiger partial charge in [0.25, 0.3) is 20.2 Å². The Labute approximate surface area is 234 Å². The molecule has 0 aliphatic carbocycles. The molecule has 0 spiro atoms. The van der Waals surface area contributed by atoms with Gasteiger partial charge in [-0.15, -0.1) is 0 Å². The molecule has 38 heavy (non-hydrogen) atoms. The predicted octanol–water partition coefficient (Wildman–Crippen LogP) is 9.19. The maximum Gasteiger partial charge on any atom is 0.294 e. The first kappa shape index (κ1) is 37.0. The van der Waals surface area contributed by atoms with E-state index < -0.39 is 20.2 Å². The van der Waals surface area contributed by atoms with Gasteiger partial charge in [0.1, 0.15) is 0 Å². The normalized spacial score (nSPS) is 11.8. The second-order valence-corrected chi connectivity index (χ2v) is 13.4. The van der Waals surface area contributed by atoms with Crippen LogP contribution in [0.25, 0.3) is 0 Å². The number of rotatable bonds is 23. The predicted molar refractivity (Wildman–Crippen MR) is 160 cm³/mol. The van der Waals surface area contributed by atoms with E-state index in [9.17, 15) is 21.4 Å². The summed E-state index contributed by atoms with van der Waals surface area (Å²) in [7, 11) is -7.83. The molecule has 0 radical (unpaired) electrons. The molecule has 0 heterocycles. The first-order valence-corrected chi connectivity index (χ1v) is 18.2. The topological polar surface area (TPSA) is 109 Å². The van der Waals surface area contributed by atoms with Gasteiger partial charge < -0.3 is 0 Å².